The molecule has 0 bridgehead atoms. The van der Waals surface area contributed by atoms with Crippen LogP contribution < -0.4 is 0 Å². The first-order valence-corrected chi connectivity index (χ1v) is 6.05. The lowest BCUT2D eigenvalue weighted by molar-refractivity contribution is 0.469. The van der Waals surface area contributed by atoms with Crippen molar-refractivity contribution in [2.75, 3.05) is 0 Å². The first-order valence-electron chi connectivity index (χ1n) is 6.05. The summed E-state index contributed by atoms with van der Waals surface area (Å²) in [5.41, 5.74) is 0. The minimum absolute atomic E-state index is 0.821. The molecule has 0 saturated heterocycles. The molecular weight excluding hydrogens is 156 g/mol. The molecule has 0 aliphatic carbocycles. The van der Waals surface area contributed by atoms with Crippen LogP contribution in [0.5, 0.6) is 0 Å². The number of hydrogen-bond acceptors (Lipinski definition) is 0. The zero-order valence-corrected chi connectivity index (χ0v) is 9.97. The van der Waals surface area contributed by atoms with Crippen molar-refractivity contribution >= 4 is 0 Å². The molecule has 0 spiro atoms. The highest BCUT2D eigenvalue weighted by molar-refractivity contribution is 4.78. The van der Waals surface area contributed by atoms with Gasteiger partial charge in [0.2, 0.25) is 0 Å². The van der Waals surface area contributed by atoms with E-state index in [1.807, 2.05) is 0 Å². The maximum atomic E-state index is 2.54. The lowest BCUT2D eigenvalue weighted by atomic mass is 9.90. The molecule has 0 aliphatic heterocycles. The van der Waals surface area contributed by atoms with Crippen molar-refractivity contribution in [3.8, 4) is 0 Å². The van der Waals surface area contributed by atoms with Gasteiger partial charge in [0.15, 0.2) is 0 Å². The van der Waals surface area contributed by atoms with Gasteiger partial charge in [-0.15, -0.1) is 0 Å². The summed E-state index contributed by atoms with van der Waals surface area (Å²) in [5.74, 6) is 1.65. The largest absolute Gasteiger partial charge is 0.0654 e. The van der Waals surface area contributed by atoms with Gasteiger partial charge in [-0.2, -0.15) is 0 Å². The van der Waals surface area contributed by atoms with Crippen LogP contribution in [0.2, 0.25) is 0 Å². The van der Waals surface area contributed by atoms with Gasteiger partial charge in [-0.3, -0.25) is 0 Å². The quantitative estimate of drug-likeness (QED) is 0.472. The predicted molar refractivity (Wildman–Crippen MR) is 61.7 cm³/mol. The van der Waals surface area contributed by atoms with E-state index >= 15 is 0 Å². The van der Waals surface area contributed by atoms with Crippen molar-refractivity contribution < 1.29 is 0 Å². The van der Waals surface area contributed by atoms with E-state index < -0.39 is 0 Å². The smallest absolute Gasteiger partial charge is 0.0329 e. The Morgan fingerprint density at radius 3 is 2.00 bits per heavy atom. The van der Waals surface area contributed by atoms with E-state index in [4.69, 9.17) is 0 Å². The van der Waals surface area contributed by atoms with E-state index in [9.17, 15) is 0 Å². The summed E-state index contributed by atoms with van der Waals surface area (Å²) in [4.78, 5) is 0. The third kappa shape index (κ3) is 8.33. The van der Waals surface area contributed by atoms with Crippen molar-refractivity contribution in [1.29, 1.82) is 0 Å². The summed E-state index contributed by atoms with van der Waals surface area (Å²) >= 11 is 0. The van der Waals surface area contributed by atoms with Crippen molar-refractivity contribution in [1.82, 2.24) is 0 Å². The van der Waals surface area contributed by atoms with E-state index in [1.165, 1.54) is 38.5 Å². The van der Waals surface area contributed by atoms with E-state index in [0.717, 1.165) is 11.8 Å². The number of hydrogen-bond donors (Lipinski definition) is 0. The fourth-order valence-corrected chi connectivity index (χ4v) is 1.92. The molecule has 0 aliphatic rings. The maximum Gasteiger partial charge on any atom is -0.0329 e. The zero-order chi connectivity index (χ0) is 10.1. The Hall–Kier alpha value is 0. The standard InChI is InChI=1S/C13H27/c1-5-7-8-10-13(4)11-12(3)9-6-2/h11-13H,5-10H2,1-4H3. The van der Waals surface area contributed by atoms with Gasteiger partial charge in [0, 0.05) is 0 Å². The fourth-order valence-electron chi connectivity index (χ4n) is 1.92. The van der Waals surface area contributed by atoms with Crippen molar-refractivity contribution in [2.24, 2.45) is 11.8 Å². The highest BCUT2D eigenvalue weighted by Gasteiger charge is 2.07. The van der Waals surface area contributed by atoms with Crippen LogP contribution in [0.25, 0.3) is 0 Å². The van der Waals surface area contributed by atoms with E-state index in [2.05, 4.69) is 34.1 Å². The minimum atomic E-state index is 0.821. The second-order valence-electron chi connectivity index (χ2n) is 4.43. The summed E-state index contributed by atoms with van der Waals surface area (Å²) in [6.45, 7) is 9.25. The first-order chi connectivity index (χ1) is 6.20. The van der Waals surface area contributed by atoms with Gasteiger partial charge in [-0.1, -0.05) is 66.2 Å². The monoisotopic (exact) mass is 183 g/mol. The molecule has 0 saturated carbocycles. The van der Waals surface area contributed by atoms with Crippen molar-refractivity contribution in [3.05, 3.63) is 6.42 Å². The molecular formula is C13H27. The van der Waals surface area contributed by atoms with Crippen molar-refractivity contribution in [3.63, 3.8) is 0 Å². The summed E-state index contributed by atoms with van der Waals surface area (Å²) < 4.78 is 0. The average Bonchev–Trinajstić information content (AvgIpc) is 2.05. The molecule has 2 unspecified atom stereocenters. The first kappa shape index (κ1) is 13.0. The predicted octanol–water partition coefficient (Wildman–Crippen LogP) is 4.84. The van der Waals surface area contributed by atoms with Crippen LogP contribution in [-0.2, 0) is 0 Å². The van der Waals surface area contributed by atoms with Gasteiger partial charge in [-0.25, -0.2) is 0 Å². The minimum Gasteiger partial charge on any atom is -0.0654 e. The molecule has 0 aromatic heterocycles. The third-order valence-electron chi connectivity index (χ3n) is 2.66. The van der Waals surface area contributed by atoms with Crippen LogP contribution in [0.4, 0.5) is 0 Å². The Balaban J connectivity index is 3.32. The van der Waals surface area contributed by atoms with Gasteiger partial charge >= 0.3 is 0 Å². The SMILES string of the molecule is CCCCCC(C)[CH]C(C)CCC. The Morgan fingerprint density at radius 1 is 0.846 bits per heavy atom. The third-order valence-corrected chi connectivity index (χ3v) is 2.66. The summed E-state index contributed by atoms with van der Waals surface area (Å²) in [5, 5.41) is 0. The lowest BCUT2D eigenvalue weighted by Crippen LogP contribution is -2.04. The maximum absolute atomic E-state index is 2.54. The zero-order valence-electron chi connectivity index (χ0n) is 9.97. The van der Waals surface area contributed by atoms with Gasteiger partial charge in [-0.05, 0) is 18.3 Å². The van der Waals surface area contributed by atoms with Crippen LogP contribution >= 0.6 is 0 Å². The Morgan fingerprint density at radius 2 is 1.46 bits per heavy atom. The molecule has 0 amide bonds. The average molecular weight is 183 g/mol. The van der Waals surface area contributed by atoms with Gasteiger partial charge in [0.25, 0.3) is 0 Å². The van der Waals surface area contributed by atoms with Gasteiger partial charge < -0.3 is 0 Å². The van der Waals surface area contributed by atoms with E-state index in [-0.39, 0.29) is 0 Å². The summed E-state index contributed by atoms with van der Waals surface area (Å²) in [6, 6.07) is 0. The van der Waals surface area contributed by atoms with Crippen LogP contribution in [0, 0.1) is 18.3 Å². The Bertz CT molecular complexity index is 96.2. The molecule has 2 atom stereocenters. The molecule has 13 heavy (non-hydrogen) atoms. The van der Waals surface area contributed by atoms with Gasteiger partial charge in [0.1, 0.15) is 0 Å². The van der Waals surface area contributed by atoms with Crippen molar-refractivity contribution in [2.45, 2.75) is 66.2 Å². The highest BCUT2D eigenvalue weighted by atomic mass is 14.1. The fraction of sp³-hybridized carbons (Fsp3) is 0.923. The van der Waals surface area contributed by atoms with E-state index in [0.29, 0.717) is 0 Å². The molecule has 0 heterocycles. The topological polar surface area (TPSA) is 0 Å². The van der Waals surface area contributed by atoms with Crippen LogP contribution in [0.15, 0.2) is 0 Å². The van der Waals surface area contributed by atoms with Crippen LogP contribution in [0.1, 0.15) is 66.2 Å². The second-order valence-corrected chi connectivity index (χ2v) is 4.43. The molecule has 0 aromatic carbocycles. The molecule has 0 nitrogen and oxygen atoms in total. The molecule has 79 valence electrons. The Labute approximate surface area is 85.1 Å². The second kappa shape index (κ2) is 8.59. The molecule has 0 N–H and O–H groups in total. The van der Waals surface area contributed by atoms with Crippen LogP contribution in [0.3, 0.4) is 0 Å². The molecule has 0 aromatic rings. The summed E-state index contributed by atoms with van der Waals surface area (Å²) in [7, 11) is 0. The normalized spacial score (nSPS) is 15.7. The molecule has 0 heteroatoms. The number of rotatable bonds is 8. The Kier molecular flexibility index (Phi) is 8.59. The lowest BCUT2D eigenvalue weighted by Gasteiger charge is -2.15. The van der Waals surface area contributed by atoms with E-state index in [1.54, 1.807) is 0 Å². The molecule has 0 rings (SSSR count). The van der Waals surface area contributed by atoms with Crippen LogP contribution in [-0.4, -0.2) is 0 Å². The summed E-state index contributed by atoms with van der Waals surface area (Å²) in [6.07, 6.45) is 10.8. The number of unbranched alkanes of at least 4 members (excludes halogenated alkanes) is 2. The highest BCUT2D eigenvalue weighted by Crippen LogP contribution is 2.19. The van der Waals surface area contributed by atoms with Gasteiger partial charge in [0.05, 0.1) is 0 Å². The molecule has 0 fully saturated rings. The molecule has 1 radical (unpaired) electrons.